The number of hydrogen-bond acceptors (Lipinski definition) is 0. The zero-order valence-corrected chi connectivity index (χ0v) is 24.4. The van der Waals surface area contributed by atoms with Gasteiger partial charge in [-0.15, -0.1) is 0 Å². The molecule has 0 aromatic heterocycles. The van der Waals surface area contributed by atoms with Gasteiger partial charge in [-0.05, 0) is 121 Å². The molecule has 0 saturated carbocycles. The van der Waals surface area contributed by atoms with Gasteiger partial charge in [-0.2, -0.15) is 0 Å². The summed E-state index contributed by atoms with van der Waals surface area (Å²) in [6.07, 6.45) is 0. The summed E-state index contributed by atoms with van der Waals surface area (Å²) in [6, 6.07) is 62.3. The summed E-state index contributed by atoms with van der Waals surface area (Å²) in [5.41, 5.74) is 13.9. The van der Waals surface area contributed by atoms with Crippen LogP contribution in [-0.4, -0.2) is 0 Å². The van der Waals surface area contributed by atoms with Crippen LogP contribution in [-0.2, 0) is 0 Å². The topological polar surface area (TPSA) is 0 Å². The number of rotatable bonds is 6. The third-order valence-corrected chi connectivity index (χ3v) is 8.08. The predicted octanol–water partition coefficient (Wildman–Crippen LogP) is 12.3. The maximum Gasteiger partial charge on any atom is 0.0418 e. The first-order chi connectivity index (χ1) is 21.2. The van der Waals surface area contributed by atoms with Crippen molar-refractivity contribution >= 4 is 11.6 Å². The van der Waals surface area contributed by atoms with Gasteiger partial charge in [0.2, 0.25) is 0 Å². The molecule has 0 heterocycles. The van der Waals surface area contributed by atoms with Crippen LogP contribution in [0.5, 0.6) is 0 Å². The second-order valence-electron chi connectivity index (χ2n) is 10.8. The summed E-state index contributed by atoms with van der Waals surface area (Å²) in [5, 5.41) is 0.713. The van der Waals surface area contributed by atoms with Crippen molar-refractivity contribution < 1.29 is 0 Å². The molecule has 0 atom stereocenters. The van der Waals surface area contributed by atoms with Gasteiger partial charge in [0.25, 0.3) is 0 Å². The van der Waals surface area contributed by atoms with E-state index in [1.807, 2.05) is 0 Å². The summed E-state index contributed by atoms with van der Waals surface area (Å²) in [5.74, 6) is 0. The van der Waals surface area contributed by atoms with Crippen molar-refractivity contribution in [3.8, 4) is 66.8 Å². The minimum absolute atomic E-state index is 0.713. The second-order valence-corrected chi connectivity index (χ2v) is 11.2. The average Bonchev–Trinajstić information content (AvgIpc) is 3.09. The van der Waals surface area contributed by atoms with Gasteiger partial charge in [-0.25, -0.2) is 0 Å². The first kappa shape index (κ1) is 26.7. The maximum atomic E-state index is 6.88. The smallest absolute Gasteiger partial charge is 0.0418 e. The van der Waals surface area contributed by atoms with E-state index in [0.29, 0.717) is 5.02 Å². The van der Waals surface area contributed by atoms with E-state index >= 15 is 0 Å². The van der Waals surface area contributed by atoms with Gasteiger partial charge in [0.05, 0.1) is 0 Å². The van der Waals surface area contributed by atoms with Gasteiger partial charge < -0.3 is 0 Å². The molecule has 43 heavy (non-hydrogen) atoms. The molecule has 0 radical (unpaired) electrons. The van der Waals surface area contributed by atoms with Crippen LogP contribution in [0.25, 0.3) is 66.8 Å². The Hall–Kier alpha value is -5.17. The lowest BCUT2D eigenvalue weighted by Crippen LogP contribution is -1.89. The van der Waals surface area contributed by atoms with Crippen LogP contribution in [0.3, 0.4) is 0 Å². The van der Waals surface area contributed by atoms with E-state index in [9.17, 15) is 0 Å². The Balaban J connectivity index is 1.40. The van der Waals surface area contributed by atoms with Crippen molar-refractivity contribution in [3.05, 3.63) is 181 Å². The lowest BCUT2D eigenvalue weighted by Gasteiger charge is -2.14. The normalized spacial score (nSPS) is 10.9. The van der Waals surface area contributed by atoms with Crippen LogP contribution in [0.1, 0.15) is 0 Å². The van der Waals surface area contributed by atoms with E-state index in [1.54, 1.807) is 0 Å². The summed E-state index contributed by atoms with van der Waals surface area (Å²) >= 11 is 6.88. The number of benzene rings is 7. The Bertz CT molecular complexity index is 1730. The van der Waals surface area contributed by atoms with Crippen LogP contribution in [0.4, 0.5) is 0 Å². The van der Waals surface area contributed by atoms with Gasteiger partial charge in [0, 0.05) is 5.02 Å². The third-order valence-electron chi connectivity index (χ3n) is 7.86. The van der Waals surface area contributed by atoms with Crippen molar-refractivity contribution in [1.29, 1.82) is 0 Å². The number of halogens is 1. The molecule has 204 valence electrons. The highest BCUT2D eigenvalue weighted by molar-refractivity contribution is 6.31. The molecule has 0 saturated heterocycles. The molecule has 7 aromatic carbocycles. The Kier molecular flexibility index (Phi) is 7.44. The van der Waals surface area contributed by atoms with Crippen molar-refractivity contribution in [2.45, 2.75) is 0 Å². The predicted molar refractivity (Wildman–Crippen MR) is 184 cm³/mol. The van der Waals surface area contributed by atoms with Crippen LogP contribution in [0.15, 0.2) is 176 Å². The Labute approximate surface area is 258 Å². The first-order valence-electron chi connectivity index (χ1n) is 14.5. The van der Waals surface area contributed by atoms with E-state index in [1.165, 1.54) is 44.5 Å². The molecule has 0 fully saturated rings. The summed E-state index contributed by atoms with van der Waals surface area (Å²) in [4.78, 5) is 0. The fourth-order valence-corrected chi connectivity index (χ4v) is 5.94. The molecule has 0 N–H and O–H groups in total. The van der Waals surface area contributed by atoms with Gasteiger partial charge >= 0.3 is 0 Å². The summed E-state index contributed by atoms with van der Waals surface area (Å²) in [7, 11) is 0. The molecule has 0 spiro atoms. The highest BCUT2D eigenvalue weighted by Gasteiger charge is 2.12. The van der Waals surface area contributed by atoms with Gasteiger partial charge in [0.15, 0.2) is 0 Å². The Morgan fingerprint density at radius 3 is 0.628 bits per heavy atom. The molecule has 0 aliphatic heterocycles. The molecule has 0 nitrogen and oxygen atoms in total. The molecule has 7 aromatic rings. The van der Waals surface area contributed by atoms with Gasteiger partial charge in [-0.1, -0.05) is 133 Å². The second kappa shape index (κ2) is 12.0. The fourth-order valence-electron chi connectivity index (χ4n) is 5.70. The molecular weight excluding hydrogens is 540 g/mol. The highest BCUT2D eigenvalue weighted by Crippen LogP contribution is 2.38. The van der Waals surface area contributed by atoms with E-state index in [2.05, 4.69) is 176 Å². The monoisotopic (exact) mass is 568 g/mol. The highest BCUT2D eigenvalue weighted by atomic mass is 35.5. The Morgan fingerprint density at radius 1 is 0.209 bits per heavy atom. The fraction of sp³-hybridized carbons (Fsp3) is 0. The molecule has 0 aliphatic rings. The van der Waals surface area contributed by atoms with Gasteiger partial charge in [-0.3, -0.25) is 0 Å². The standard InChI is InChI=1S/C42H29Cl/c43-42-28-40(38-23-34(30-13-5-1-6-14-30)21-35(24-38)31-15-7-2-8-16-31)27-41(29-42)39-25-36(32-17-9-3-10-18-32)22-37(26-39)33-19-11-4-12-20-33/h1-29H. The molecule has 0 aliphatic carbocycles. The average molecular weight is 569 g/mol. The first-order valence-corrected chi connectivity index (χ1v) is 14.9. The molecule has 1 heteroatoms. The zero-order valence-electron chi connectivity index (χ0n) is 23.6. The lowest BCUT2D eigenvalue weighted by molar-refractivity contribution is 1.55. The van der Waals surface area contributed by atoms with Crippen LogP contribution < -0.4 is 0 Å². The van der Waals surface area contributed by atoms with E-state index in [4.69, 9.17) is 11.6 Å². The minimum Gasteiger partial charge on any atom is -0.0843 e. The minimum atomic E-state index is 0.713. The molecule has 0 amide bonds. The van der Waals surface area contributed by atoms with E-state index < -0.39 is 0 Å². The maximum absolute atomic E-state index is 6.88. The zero-order chi connectivity index (χ0) is 29.0. The quantitative estimate of drug-likeness (QED) is 0.187. The van der Waals surface area contributed by atoms with Crippen LogP contribution in [0.2, 0.25) is 5.02 Å². The number of hydrogen-bond donors (Lipinski definition) is 0. The van der Waals surface area contributed by atoms with E-state index in [-0.39, 0.29) is 0 Å². The molecule has 7 rings (SSSR count). The van der Waals surface area contributed by atoms with Crippen LogP contribution >= 0.6 is 11.6 Å². The summed E-state index contributed by atoms with van der Waals surface area (Å²) in [6.45, 7) is 0. The Morgan fingerprint density at radius 2 is 0.395 bits per heavy atom. The van der Waals surface area contributed by atoms with Crippen LogP contribution in [0, 0.1) is 0 Å². The lowest BCUT2D eigenvalue weighted by atomic mass is 9.90. The largest absolute Gasteiger partial charge is 0.0843 e. The molecular formula is C42H29Cl. The van der Waals surface area contributed by atoms with Crippen molar-refractivity contribution in [3.63, 3.8) is 0 Å². The van der Waals surface area contributed by atoms with Gasteiger partial charge in [0.1, 0.15) is 0 Å². The molecule has 0 bridgehead atoms. The van der Waals surface area contributed by atoms with Crippen molar-refractivity contribution in [1.82, 2.24) is 0 Å². The van der Waals surface area contributed by atoms with E-state index in [0.717, 1.165) is 22.3 Å². The van der Waals surface area contributed by atoms with Crippen molar-refractivity contribution in [2.24, 2.45) is 0 Å². The third kappa shape index (κ3) is 5.93. The van der Waals surface area contributed by atoms with Crippen molar-refractivity contribution in [2.75, 3.05) is 0 Å². The summed E-state index contributed by atoms with van der Waals surface area (Å²) < 4.78 is 0. The molecule has 0 unspecified atom stereocenters. The SMILES string of the molecule is Clc1cc(-c2cc(-c3ccccc3)cc(-c3ccccc3)c2)cc(-c2cc(-c3ccccc3)cc(-c3ccccc3)c2)c1.